The van der Waals surface area contributed by atoms with Crippen molar-refractivity contribution in [3.05, 3.63) is 24.3 Å². The van der Waals surface area contributed by atoms with Gasteiger partial charge in [0.1, 0.15) is 5.75 Å². The molecular formula is C13H18N2O4. The Morgan fingerprint density at radius 2 is 2.00 bits per heavy atom. The first-order chi connectivity index (χ1) is 9.02. The summed E-state index contributed by atoms with van der Waals surface area (Å²) in [5, 5.41) is 11.1. The Morgan fingerprint density at radius 1 is 1.37 bits per heavy atom. The molecule has 104 valence electrons. The summed E-state index contributed by atoms with van der Waals surface area (Å²) >= 11 is 0. The maximum absolute atomic E-state index is 11.7. The number of hydrogen-bond acceptors (Lipinski definition) is 4. The number of nitrogens with two attached hydrogens (primary N) is 1. The number of aliphatic carboxylic acids is 1. The number of hydrogen-bond donors (Lipinski definition) is 3. The van der Waals surface area contributed by atoms with Crippen molar-refractivity contribution in [1.82, 2.24) is 0 Å². The first-order valence-corrected chi connectivity index (χ1v) is 6.04. The van der Waals surface area contributed by atoms with Gasteiger partial charge in [-0.15, -0.1) is 0 Å². The number of carboxylic acids is 1. The monoisotopic (exact) mass is 266 g/mol. The Morgan fingerprint density at radius 3 is 2.53 bits per heavy atom. The van der Waals surface area contributed by atoms with Gasteiger partial charge in [0.2, 0.25) is 5.91 Å². The maximum Gasteiger partial charge on any atom is 0.341 e. The number of nitrogens with one attached hydrogen (secondary N) is 1. The predicted octanol–water partition coefficient (Wildman–Crippen LogP) is 1.22. The van der Waals surface area contributed by atoms with Crippen molar-refractivity contribution < 1.29 is 19.4 Å². The van der Waals surface area contributed by atoms with Crippen LogP contribution in [0.1, 0.15) is 19.8 Å². The summed E-state index contributed by atoms with van der Waals surface area (Å²) < 4.78 is 4.98. The van der Waals surface area contributed by atoms with Gasteiger partial charge >= 0.3 is 5.97 Å². The zero-order valence-electron chi connectivity index (χ0n) is 10.8. The molecule has 0 heterocycles. The maximum atomic E-state index is 11.7. The molecular weight excluding hydrogens is 248 g/mol. The highest BCUT2D eigenvalue weighted by Crippen LogP contribution is 2.15. The Kier molecular flexibility index (Phi) is 5.81. The summed E-state index contributed by atoms with van der Waals surface area (Å²) in [5.74, 6) is -0.845. The molecule has 1 atom stereocenters. The summed E-state index contributed by atoms with van der Waals surface area (Å²) in [6.07, 6.45) is 1.47. The lowest BCUT2D eigenvalue weighted by molar-refractivity contribution is -0.139. The van der Waals surface area contributed by atoms with E-state index in [0.29, 0.717) is 17.9 Å². The molecule has 0 aliphatic rings. The molecule has 0 bridgehead atoms. The number of carbonyl (C=O) groups is 2. The van der Waals surface area contributed by atoms with Crippen LogP contribution in [0, 0.1) is 0 Å². The molecule has 1 rings (SSSR count). The number of benzene rings is 1. The highest BCUT2D eigenvalue weighted by Gasteiger charge is 2.12. The summed E-state index contributed by atoms with van der Waals surface area (Å²) in [5.41, 5.74) is 6.28. The summed E-state index contributed by atoms with van der Waals surface area (Å²) in [6.45, 7) is 1.56. The van der Waals surface area contributed by atoms with Crippen LogP contribution in [-0.4, -0.2) is 29.6 Å². The van der Waals surface area contributed by atoms with Crippen molar-refractivity contribution in [3.63, 3.8) is 0 Å². The van der Waals surface area contributed by atoms with Crippen LogP contribution in [0.25, 0.3) is 0 Å². The highest BCUT2D eigenvalue weighted by molar-refractivity contribution is 5.94. The standard InChI is InChI=1S/C13H18N2O4/c1-2-3-11(14)13(18)15-9-4-6-10(7-5-9)19-8-12(16)17/h4-7,11H,2-3,8,14H2,1H3,(H,15,18)(H,16,17)/t11-/m0/s1. The van der Waals surface area contributed by atoms with Gasteiger partial charge in [0.25, 0.3) is 0 Å². The molecule has 1 aromatic rings. The minimum atomic E-state index is -1.04. The Labute approximate surface area is 111 Å². The van der Waals surface area contributed by atoms with Gasteiger partial charge < -0.3 is 20.9 Å². The van der Waals surface area contributed by atoms with Crippen molar-refractivity contribution in [2.75, 3.05) is 11.9 Å². The molecule has 19 heavy (non-hydrogen) atoms. The van der Waals surface area contributed by atoms with Crippen molar-refractivity contribution >= 4 is 17.6 Å². The molecule has 1 aromatic carbocycles. The predicted molar refractivity (Wildman–Crippen MR) is 71.1 cm³/mol. The largest absolute Gasteiger partial charge is 0.482 e. The smallest absolute Gasteiger partial charge is 0.341 e. The van der Waals surface area contributed by atoms with Crippen LogP contribution in [0.2, 0.25) is 0 Å². The SMILES string of the molecule is CCC[C@H](N)C(=O)Nc1ccc(OCC(=O)O)cc1. The Balaban J connectivity index is 2.52. The van der Waals surface area contributed by atoms with E-state index in [1.165, 1.54) is 0 Å². The third-order valence-electron chi connectivity index (χ3n) is 2.42. The minimum absolute atomic E-state index is 0.235. The molecule has 0 radical (unpaired) electrons. The third-order valence-corrected chi connectivity index (χ3v) is 2.42. The fourth-order valence-corrected chi connectivity index (χ4v) is 1.46. The van der Waals surface area contributed by atoms with Gasteiger partial charge in [-0.1, -0.05) is 13.3 Å². The molecule has 0 fully saturated rings. The van der Waals surface area contributed by atoms with Crippen LogP contribution in [0.4, 0.5) is 5.69 Å². The lowest BCUT2D eigenvalue weighted by atomic mass is 10.1. The average molecular weight is 266 g/mol. The van der Waals surface area contributed by atoms with Gasteiger partial charge in [-0.25, -0.2) is 4.79 Å². The molecule has 0 saturated heterocycles. The van der Waals surface area contributed by atoms with Gasteiger partial charge in [-0.2, -0.15) is 0 Å². The Bertz CT molecular complexity index is 431. The second kappa shape index (κ2) is 7.38. The fraction of sp³-hybridized carbons (Fsp3) is 0.385. The second-order valence-electron chi connectivity index (χ2n) is 4.09. The molecule has 6 nitrogen and oxygen atoms in total. The van der Waals surface area contributed by atoms with Crippen molar-refractivity contribution in [3.8, 4) is 5.75 Å². The van der Waals surface area contributed by atoms with E-state index in [2.05, 4.69) is 5.32 Å². The molecule has 0 aliphatic heterocycles. The van der Waals surface area contributed by atoms with Crippen molar-refractivity contribution in [2.45, 2.75) is 25.8 Å². The minimum Gasteiger partial charge on any atom is -0.482 e. The van der Waals surface area contributed by atoms with Gasteiger partial charge in [-0.3, -0.25) is 4.79 Å². The van der Waals surface area contributed by atoms with Gasteiger partial charge in [0.05, 0.1) is 6.04 Å². The van der Waals surface area contributed by atoms with Gasteiger partial charge in [0.15, 0.2) is 6.61 Å². The van der Waals surface area contributed by atoms with Crippen LogP contribution >= 0.6 is 0 Å². The lowest BCUT2D eigenvalue weighted by Gasteiger charge is -2.11. The van der Waals surface area contributed by atoms with E-state index in [9.17, 15) is 9.59 Å². The van der Waals surface area contributed by atoms with Crippen molar-refractivity contribution in [1.29, 1.82) is 0 Å². The van der Waals surface area contributed by atoms with E-state index in [4.69, 9.17) is 15.6 Å². The first-order valence-electron chi connectivity index (χ1n) is 6.04. The third kappa shape index (κ3) is 5.39. The van der Waals surface area contributed by atoms with Crippen LogP contribution in [-0.2, 0) is 9.59 Å². The van der Waals surface area contributed by atoms with E-state index in [0.717, 1.165) is 6.42 Å². The van der Waals surface area contributed by atoms with E-state index >= 15 is 0 Å². The normalized spacial score (nSPS) is 11.7. The fourth-order valence-electron chi connectivity index (χ4n) is 1.46. The first kappa shape index (κ1) is 15.0. The topological polar surface area (TPSA) is 102 Å². The molecule has 0 aromatic heterocycles. The Hall–Kier alpha value is -2.08. The molecule has 6 heteroatoms. The molecule has 1 amide bonds. The summed E-state index contributed by atoms with van der Waals surface area (Å²) in [4.78, 5) is 22.0. The van der Waals surface area contributed by atoms with E-state index in [1.54, 1.807) is 24.3 Å². The number of carbonyl (C=O) groups excluding carboxylic acids is 1. The number of carboxylic acid groups (broad SMARTS) is 1. The van der Waals surface area contributed by atoms with Crippen LogP contribution in [0.15, 0.2) is 24.3 Å². The molecule has 4 N–H and O–H groups in total. The second-order valence-corrected chi connectivity index (χ2v) is 4.09. The number of amides is 1. The van der Waals surface area contributed by atoms with E-state index in [1.807, 2.05) is 6.92 Å². The quantitative estimate of drug-likeness (QED) is 0.688. The number of ether oxygens (including phenoxy) is 1. The number of anilines is 1. The highest BCUT2D eigenvalue weighted by atomic mass is 16.5. The van der Waals surface area contributed by atoms with Gasteiger partial charge in [0, 0.05) is 5.69 Å². The summed E-state index contributed by atoms with van der Waals surface area (Å²) in [7, 11) is 0. The number of rotatable bonds is 7. The molecule has 0 unspecified atom stereocenters. The summed E-state index contributed by atoms with van der Waals surface area (Å²) in [6, 6.07) is 5.92. The van der Waals surface area contributed by atoms with Crippen molar-refractivity contribution in [2.24, 2.45) is 5.73 Å². The van der Waals surface area contributed by atoms with Gasteiger partial charge in [-0.05, 0) is 30.7 Å². The zero-order valence-corrected chi connectivity index (χ0v) is 10.8. The molecule has 0 saturated carbocycles. The van der Waals surface area contributed by atoms with Crippen LogP contribution in [0.5, 0.6) is 5.75 Å². The van der Waals surface area contributed by atoms with Crippen LogP contribution in [0.3, 0.4) is 0 Å². The molecule has 0 aliphatic carbocycles. The average Bonchev–Trinajstić information content (AvgIpc) is 2.38. The zero-order chi connectivity index (χ0) is 14.3. The lowest BCUT2D eigenvalue weighted by Crippen LogP contribution is -2.35. The molecule has 0 spiro atoms. The van der Waals surface area contributed by atoms with E-state index < -0.39 is 18.6 Å². The van der Waals surface area contributed by atoms with E-state index in [-0.39, 0.29) is 5.91 Å². The van der Waals surface area contributed by atoms with Crippen LogP contribution < -0.4 is 15.8 Å².